The topological polar surface area (TPSA) is 81.6 Å². The number of carbonyl (C=O) groups is 1. The maximum Gasteiger partial charge on any atom is 0.475 e. The van der Waals surface area contributed by atoms with Crippen LogP contribution >= 0.6 is 0 Å². The molecule has 1 fully saturated rings. The third kappa shape index (κ3) is 4.88. The van der Waals surface area contributed by atoms with E-state index in [0.717, 1.165) is 12.0 Å². The summed E-state index contributed by atoms with van der Waals surface area (Å²) in [4.78, 5) is 13.4. The van der Waals surface area contributed by atoms with Gasteiger partial charge in [0.15, 0.2) is 0 Å². The van der Waals surface area contributed by atoms with E-state index in [4.69, 9.17) is 0 Å². The van der Waals surface area contributed by atoms with Crippen LogP contribution in [0.5, 0.6) is 0 Å². The highest BCUT2D eigenvalue weighted by atomic mass is 16.4. The zero-order chi connectivity index (χ0) is 22.7. The quantitative estimate of drug-likeness (QED) is 0.432. The van der Waals surface area contributed by atoms with E-state index in [1.807, 2.05) is 44.2 Å². The highest BCUT2D eigenvalue weighted by Crippen LogP contribution is 2.40. The Morgan fingerprint density at radius 2 is 1.72 bits per heavy atom. The van der Waals surface area contributed by atoms with Crippen molar-refractivity contribution >= 4 is 23.8 Å². The van der Waals surface area contributed by atoms with E-state index in [2.05, 4.69) is 53.1 Å². The van der Waals surface area contributed by atoms with E-state index in [-0.39, 0.29) is 23.8 Å². The average Bonchev–Trinajstić information content (AvgIpc) is 3.24. The first-order chi connectivity index (χ1) is 15.4. The molecule has 0 saturated carbocycles. The molecule has 32 heavy (non-hydrogen) atoms. The lowest BCUT2D eigenvalue weighted by molar-refractivity contribution is -0.123. The van der Waals surface area contributed by atoms with Gasteiger partial charge in [0, 0.05) is 12.0 Å². The molecule has 4 rings (SSSR count). The Labute approximate surface area is 190 Å². The van der Waals surface area contributed by atoms with E-state index in [1.165, 1.54) is 16.3 Å². The Bertz CT molecular complexity index is 1050. The van der Waals surface area contributed by atoms with Crippen LogP contribution in [-0.4, -0.2) is 35.1 Å². The van der Waals surface area contributed by atoms with Crippen LogP contribution in [0.3, 0.4) is 0 Å². The lowest BCUT2D eigenvalue weighted by atomic mass is 9.74. The van der Waals surface area contributed by atoms with Crippen LogP contribution < -0.4 is 10.6 Å². The minimum atomic E-state index is -1.59. The largest absolute Gasteiger partial charge is 0.475 e. The van der Waals surface area contributed by atoms with Gasteiger partial charge in [0.25, 0.3) is 0 Å². The van der Waals surface area contributed by atoms with Crippen molar-refractivity contribution in [3.05, 3.63) is 83.9 Å². The highest BCUT2D eigenvalue weighted by Gasteiger charge is 2.41. The Morgan fingerprint density at radius 3 is 2.44 bits per heavy atom. The SMILES string of the molecule is CC(C)C[C@H](NC(=O)[C@@H]1N[C@H](c2cccc3ccccc23)C[C@H]1c1ccccc1)B(O)O. The van der Waals surface area contributed by atoms with Crippen molar-refractivity contribution in [1.29, 1.82) is 0 Å². The van der Waals surface area contributed by atoms with E-state index < -0.39 is 19.1 Å². The Balaban J connectivity index is 1.64. The maximum atomic E-state index is 13.4. The molecule has 1 amide bonds. The normalized spacial score (nSPS) is 21.6. The molecular weight excluding hydrogens is 399 g/mol. The molecule has 3 aromatic carbocycles. The van der Waals surface area contributed by atoms with Crippen LogP contribution in [-0.2, 0) is 4.79 Å². The molecule has 1 saturated heterocycles. The fourth-order valence-corrected chi connectivity index (χ4v) is 4.88. The van der Waals surface area contributed by atoms with Gasteiger partial charge in [0.05, 0.1) is 12.0 Å². The van der Waals surface area contributed by atoms with E-state index >= 15 is 0 Å². The van der Waals surface area contributed by atoms with Gasteiger partial charge in [0.2, 0.25) is 5.91 Å². The summed E-state index contributed by atoms with van der Waals surface area (Å²) in [7, 11) is -1.59. The van der Waals surface area contributed by atoms with Crippen LogP contribution in [0.1, 0.15) is 49.8 Å². The highest BCUT2D eigenvalue weighted by molar-refractivity contribution is 6.43. The van der Waals surface area contributed by atoms with E-state index in [9.17, 15) is 14.8 Å². The van der Waals surface area contributed by atoms with Gasteiger partial charge in [-0.1, -0.05) is 86.6 Å². The van der Waals surface area contributed by atoms with Crippen molar-refractivity contribution < 1.29 is 14.8 Å². The molecule has 4 atom stereocenters. The van der Waals surface area contributed by atoms with Crippen LogP contribution in [0.4, 0.5) is 0 Å². The Hall–Kier alpha value is -2.67. The van der Waals surface area contributed by atoms with Gasteiger partial charge in [-0.3, -0.25) is 10.1 Å². The first kappa shape index (κ1) is 22.5. The Morgan fingerprint density at radius 1 is 1.03 bits per heavy atom. The van der Waals surface area contributed by atoms with Crippen LogP contribution in [0.15, 0.2) is 72.8 Å². The van der Waals surface area contributed by atoms with Gasteiger partial charge in [-0.2, -0.15) is 0 Å². The molecular formula is C26H31BN2O3. The molecule has 5 nitrogen and oxygen atoms in total. The summed E-state index contributed by atoms with van der Waals surface area (Å²) < 4.78 is 0. The number of rotatable bonds is 7. The summed E-state index contributed by atoms with van der Waals surface area (Å²) in [5.74, 6) is -0.680. The van der Waals surface area contributed by atoms with Crippen LogP contribution in [0.25, 0.3) is 10.8 Å². The third-order valence-electron chi connectivity index (χ3n) is 6.39. The summed E-state index contributed by atoms with van der Waals surface area (Å²) in [6.07, 6.45) is 1.28. The predicted octanol–water partition coefficient (Wildman–Crippen LogP) is 3.57. The number of hydrogen-bond acceptors (Lipinski definition) is 4. The standard InChI is InChI=1S/C26H31BN2O3/c1-17(2)15-24(27(31)32)29-26(30)25-22(19-9-4-3-5-10-19)16-23(28-25)21-14-8-12-18-11-6-7-13-20(18)21/h3-14,17,22-25,28,31-32H,15-16H2,1-2H3,(H,29,30)/t22-,23-,24-,25+/m0/s1. The molecule has 1 heterocycles. The molecule has 4 N–H and O–H groups in total. The van der Waals surface area contributed by atoms with Gasteiger partial charge in [-0.05, 0) is 40.7 Å². The minimum Gasteiger partial charge on any atom is -0.426 e. The second-order valence-electron chi connectivity index (χ2n) is 9.18. The zero-order valence-electron chi connectivity index (χ0n) is 18.6. The number of benzene rings is 3. The van der Waals surface area contributed by atoms with Crippen LogP contribution in [0, 0.1) is 5.92 Å². The third-order valence-corrected chi connectivity index (χ3v) is 6.39. The number of fused-ring (bicyclic) bond motifs is 1. The fourth-order valence-electron chi connectivity index (χ4n) is 4.88. The van der Waals surface area contributed by atoms with Crippen molar-refractivity contribution in [2.45, 2.75) is 50.6 Å². The second-order valence-corrected chi connectivity index (χ2v) is 9.18. The Kier molecular flexibility index (Phi) is 6.94. The van der Waals surface area contributed by atoms with Gasteiger partial charge in [0.1, 0.15) is 0 Å². The van der Waals surface area contributed by atoms with E-state index in [0.29, 0.717) is 6.42 Å². The molecule has 0 bridgehead atoms. The van der Waals surface area contributed by atoms with Crippen molar-refractivity contribution in [3.8, 4) is 0 Å². The van der Waals surface area contributed by atoms with Gasteiger partial charge in [-0.15, -0.1) is 0 Å². The maximum absolute atomic E-state index is 13.4. The first-order valence-electron chi connectivity index (χ1n) is 11.4. The van der Waals surface area contributed by atoms with Crippen LogP contribution in [0.2, 0.25) is 0 Å². The predicted molar refractivity (Wildman–Crippen MR) is 129 cm³/mol. The molecule has 0 spiro atoms. The second kappa shape index (κ2) is 9.86. The van der Waals surface area contributed by atoms with Crippen molar-refractivity contribution in [1.82, 2.24) is 10.6 Å². The lowest BCUT2D eigenvalue weighted by Gasteiger charge is -2.25. The smallest absolute Gasteiger partial charge is 0.426 e. The van der Waals surface area contributed by atoms with Crippen molar-refractivity contribution in [2.24, 2.45) is 5.92 Å². The number of hydrogen-bond donors (Lipinski definition) is 4. The van der Waals surface area contributed by atoms with Crippen molar-refractivity contribution in [2.75, 3.05) is 0 Å². The monoisotopic (exact) mass is 430 g/mol. The fraction of sp³-hybridized carbons (Fsp3) is 0.346. The lowest BCUT2D eigenvalue weighted by Crippen LogP contribution is -2.53. The number of carbonyl (C=O) groups excluding carboxylic acids is 1. The molecule has 3 aromatic rings. The molecule has 0 radical (unpaired) electrons. The summed E-state index contributed by atoms with van der Waals surface area (Å²) in [6.45, 7) is 4.00. The summed E-state index contributed by atoms with van der Waals surface area (Å²) >= 11 is 0. The van der Waals surface area contributed by atoms with Gasteiger partial charge in [-0.25, -0.2) is 0 Å². The van der Waals surface area contributed by atoms with E-state index in [1.54, 1.807) is 0 Å². The number of nitrogens with one attached hydrogen (secondary N) is 2. The zero-order valence-corrected chi connectivity index (χ0v) is 18.6. The molecule has 1 aliphatic rings. The molecule has 0 aromatic heterocycles. The minimum absolute atomic E-state index is 0.0179. The van der Waals surface area contributed by atoms with Gasteiger partial charge >= 0.3 is 7.12 Å². The summed E-state index contributed by atoms with van der Waals surface area (Å²) in [5, 5.41) is 28.4. The number of amides is 1. The van der Waals surface area contributed by atoms with Gasteiger partial charge < -0.3 is 15.4 Å². The average molecular weight is 430 g/mol. The molecule has 0 unspecified atom stereocenters. The summed E-state index contributed by atoms with van der Waals surface area (Å²) in [6, 6.07) is 24.2. The molecule has 1 aliphatic heterocycles. The molecule has 166 valence electrons. The molecule has 0 aliphatic carbocycles. The molecule has 6 heteroatoms. The van der Waals surface area contributed by atoms with Crippen molar-refractivity contribution in [3.63, 3.8) is 0 Å². The first-order valence-corrected chi connectivity index (χ1v) is 11.4. The summed E-state index contributed by atoms with van der Waals surface area (Å²) in [5.41, 5.74) is 2.29.